The van der Waals surface area contributed by atoms with Gasteiger partial charge in [0.15, 0.2) is 6.29 Å². The lowest BCUT2D eigenvalue weighted by Gasteiger charge is -2.41. The fourth-order valence-electron chi connectivity index (χ4n) is 3.07. The lowest BCUT2D eigenvalue weighted by molar-refractivity contribution is -0.305. The van der Waals surface area contributed by atoms with Gasteiger partial charge in [-0.25, -0.2) is 0 Å². The standard InChI is InChI=1S/C21H26O6/c1-24-21-19(23)20(26-13-16-10-6-3-7-11-16)18(22)17(27-21)14-25-12-15-8-4-2-5-9-15/h2-11,17-23H,12-14H2,1H3/t17?,18-,19?,20?,21+/m1/s1. The fourth-order valence-corrected chi connectivity index (χ4v) is 3.07. The van der Waals surface area contributed by atoms with E-state index in [4.69, 9.17) is 18.9 Å². The van der Waals surface area contributed by atoms with Crippen LogP contribution < -0.4 is 0 Å². The van der Waals surface area contributed by atoms with Crippen molar-refractivity contribution in [1.29, 1.82) is 0 Å². The minimum atomic E-state index is -1.10. The lowest BCUT2D eigenvalue weighted by atomic mass is 9.99. The molecule has 2 aromatic rings. The van der Waals surface area contributed by atoms with Crippen molar-refractivity contribution in [3.63, 3.8) is 0 Å². The Morgan fingerprint density at radius 2 is 1.44 bits per heavy atom. The molecule has 1 heterocycles. The Bertz CT molecular complexity index is 665. The van der Waals surface area contributed by atoms with Crippen molar-refractivity contribution in [2.45, 2.75) is 43.9 Å². The van der Waals surface area contributed by atoms with Crippen molar-refractivity contribution in [2.75, 3.05) is 13.7 Å². The predicted molar refractivity (Wildman–Crippen MR) is 98.8 cm³/mol. The third-order valence-electron chi connectivity index (χ3n) is 4.55. The van der Waals surface area contributed by atoms with Crippen LogP contribution in [0.3, 0.4) is 0 Å². The van der Waals surface area contributed by atoms with Crippen molar-refractivity contribution in [1.82, 2.24) is 0 Å². The van der Waals surface area contributed by atoms with Gasteiger partial charge in [-0.2, -0.15) is 0 Å². The zero-order chi connectivity index (χ0) is 19.1. The number of benzene rings is 2. The summed E-state index contributed by atoms with van der Waals surface area (Å²) in [5.74, 6) is 0. The van der Waals surface area contributed by atoms with Crippen molar-refractivity contribution in [3.8, 4) is 0 Å². The highest BCUT2D eigenvalue weighted by atomic mass is 16.7. The first-order valence-corrected chi connectivity index (χ1v) is 9.00. The molecule has 3 unspecified atom stereocenters. The predicted octanol–water partition coefficient (Wildman–Crippen LogP) is 1.88. The average molecular weight is 374 g/mol. The second-order valence-electron chi connectivity index (χ2n) is 6.52. The van der Waals surface area contributed by atoms with E-state index in [1.807, 2.05) is 60.7 Å². The van der Waals surface area contributed by atoms with Crippen molar-refractivity contribution in [3.05, 3.63) is 71.8 Å². The second kappa shape index (κ2) is 9.94. The van der Waals surface area contributed by atoms with Crippen LogP contribution in [-0.4, -0.2) is 54.6 Å². The van der Waals surface area contributed by atoms with Crippen LogP contribution in [0, 0.1) is 0 Å². The van der Waals surface area contributed by atoms with Gasteiger partial charge < -0.3 is 29.2 Å². The van der Waals surface area contributed by atoms with Gasteiger partial charge in [0.2, 0.25) is 0 Å². The van der Waals surface area contributed by atoms with Crippen molar-refractivity contribution < 1.29 is 29.2 Å². The summed E-state index contributed by atoms with van der Waals surface area (Å²) >= 11 is 0. The second-order valence-corrected chi connectivity index (χ2v) is 6.52. The molecule has 0 amide bonds. The molecule has 0 bridgehead atoms. The Hall–Kier alpha value is -1.80. The van der Waals surface area contributed by atoms with Crippen LogP contribution in [-0.2, 0) is 32.2 Å². The average Bonchev–Trinajstić information content (AvgIpc) is 2.71. The molecule has 0 radical (unpaired) electrons. The van der Waals surface area contributed by atoms with E-state index in [9.17, 15) is 10.2 Å². The van der Waals surface area contributed by atoms with E-state index in [1.54, 1.807) is 0 Å². The lowest BCUT2D eigenvalue weighted by Crippen LogP contribution is -2.60. The fraction of sp³-hybridized carbons (Fsp3) is 0.429. The molecule has 146 valence electrons. The van der Waals surface area contributed by atoms with Crippen LogP contribution in [0.25, 0.3) is 0 Å². The smallest absolute Gasteiger partial charge is 0.186 e. The summed E-state index contributed by atoms with van der Waals surface area (Å²) in [6.07, 6.45) is -4.53. The third-order valence-corrected chi connectivity index (χ3v) is 4.55. The Balaban J connectivity index is 1.58. The van der Waals surface area contributed by atoms with Crippen molar-refractivity contribution in [2.24, 2.45) is 0 Å². The highest BCUT2D eigenvalue weighted by Crippen LogP contribution is 2.25. The molecule has 2 N–H and O–H groups in total. The summed E-state index contributed by atoms with van der Waals surface area (Å²) in [6, 6.07) is 19.3. The molecule has 2 aromatic carbocycles. The maximum Gasteiger partial charge on any atom is 0.186 e. The summed E-state index contributed by atoms with van der Waals surface area (Å²) in [4.78, 5) is 0. The van der Waals surface area contributed by atoms with E-state index in [0.29, 0.717) is 6.61 Å². The van der Waals surface area contributed by atoms with E-state index in [0.717, 1.165) is 11.1 Å². The van der Waals surface area contributed by atoms with Gasteiger partial charge in [0.05, 0.1) is 19.8 Å². The molecule has 5 atom stereocenters. The number of aliphatic hydroxyl groups is 2. The highest BCUT2D eigenvalue weighted by Gasteiger charge is 2.45. The SMILES string of the molecule is CO[C@H]1OC(COCc2ccccc2)[C@@H](O)C(OCc2ccccc2)C1O. The Labute approximate surface area is 159 Å². The van der Waals surface area contributed by atoms with Crippen LogP contribution in [0.2, 0.25) is 0 Å². The van der Waals surface area contributed by atoms with Crippen LogP contribution >= 0.6 is 0 Å². The maximum absolute atomic E-state index is 10.6. The number of methoxy groups -OCH3 is 1. The first kappa shape index (κ1) is 19.9. The molecule has 6 nitrogen and oxygen atoms in total. The molecule has 6 heteroatoms. The van der Waals surface area contributed by atoms with Gasteiger partial charge in [-0.15, -0.1) is 0 Å². The van der Waals surface area contributed by atoms with E-state index in [2.05, 4.69) is 0 Å². The van der Waals surface area contributed by atoms with Crippen LogP contribution in [0.4, 0.5) is 0 Å². The van der Waals surface area contributed by atoms with E-state index in [-0.39, 0.29) is 13.2 Å². The van der Waals surface area contributed by atoms with Gasteiger partial charge in [0.25, 0.3) is 0 Å². The molecule has 0 aliphatic carbocycles. The number of hydrogen-bond donors (Lipinski definition) is 2. The minimum absolute atomic E-state index is 0.161. The number of hydrogen-bond acceptors (Lipinski definition) is 6. The van der Waals surface area contributed by atoms with Crippen molar-refractivity contribution >= 4 is 0 Å². The molecule has 1 fully saturated rings. The van der Waals surface area contributed by atoms with E-state index >= 15 is 0 Å². The Kier molecular flexibility index (Phi) is 7.34. The molecule has 0 aromatic heterocycles. The van der Waals surface area contributed by atoms with Crippen LogP contribution in [0.5, 0.6) is 0 Å². The largest absolute Gasteiger partial charge is 0.387 e. The molecule has 0 spiro atoms. The zero-order valence-corrected chi connectivity index (χ0v) is 15.3. The number of aliphatic hydroxyl groups excluding tert-OH is 2. The summed E-state index contributed by atoms with van der Waals surface area (Å²) < 4.78 is 22.4. The van der Waals surface area contributed by atoms with Crippen LogP contribution in [0.15, 0.2) is 60.7 Å². The van der Waals surface area contributed by atoms with Gasteiger partial charge in [0.1, 0.15) is 24.4 Å². The zero-order valence-electron chi connectivity index (χ0n) is 15.3. The molecule has 0 saturated carbocycles. The topological polar surface area (TPSA) is 77.4 Å². The monoisotopic (exact) mass is 374 g/mol. The number of rotatable bonds is 8. The molecular weight excluding hydrogens is 348 g/mol. The van der Waals surface area contributed by atoms with Crippen LogP contribution in [0.1, 0.15) is 11.1 Å². The van der Waals surface area contributed by atoms with E-state index < -0.39 is 30.7 Å². The summed E-state index contributed by atoms with van der Waals surface area (Å²) in [6.45, 7) is 0.838. The summed E-state index contributed by atoms with van der Waals surface area (Å²) in [7, 11) is 1.45. The Morgan fingerprint density at radius 1 is 0.852 bits per heavy atom. The maximum atomic E-state index is 10.6. The molecule has 27 heavy (non-hydrogen) atoms. The molecular formula is C21H26O6. The van der Waals surface area contributed by atoms with Gasteiger partial charge >= 0.3 is 0 Å². The molecule has 3 rings (SSSR count). The third kappa shape index (κ3) is 5.35. The summed E-state index contributed by atoms with van der Waals surface area (Å²) in [5.41, 5.74) is 1.98. The van der Waals surface area contributed by atoms with Gasteiger partial charge in [-0.05, 0) is 11.1 Å². The highest BCUT2D eigenvalue weighted by molar-refractivity contribution is 5.14. The van der Waals surface area contributed by atoms with Gasteiger partial charge in [-0.3, -0.25) is 0 Å². The molecule has 1 saturated heterocycles. The minimum Gasteiger partial charge on any atom is -0.387 e. The molecule has 1 aliphatic heterocycles. The van der Waals surface area contributed by atoms with E-state index in [1.165, 1.54) is 7.11 Å². The van der Waals surface area contributed by atoms with Gasteiger partial charge in [-0.1, -0.05) is 60.7 Å². The number of ether oxygens (including phenoxy) is 4. The van der Waals surface area contributed by atoms with Gasteiger partial charge in [0, 0.05) is 7.11 Å². The molecule has 1 aliphatic rings. The first-order valence-electron chi connectivity index (χ1n) is 9.00. The normalized spacial score (nSPS) is 28.2. The quantitative estimate of drug-likeness (QED) is 0.735. The Morgan fingerprint density at radius 3 is 2.04 bits per heavy atom. The summed E-state index contributed by atoms with van der Waals surface area (Å²) in [5, 5.41) is 21.1. The first-order chi connectivity index (χ1) is 13.2.